The van der Waals surface area contributed by atoms with E-state index in [0.717, 1.165) is 38.2 Å². The number of carbonyl (C=O) groups is 1. The normalized spacial score (nSPS) is 18.9. The Morgan fingerprint density at radius 2 is 2.35 bits per heavy atom. The van der Waals surface area contributed by atoms with Gasteiger partial charge in [0, 0.05) is 30.6 Å². The van der Waals surface area contributed by atoms with Crippen molar-refractivity contribution in [2.75, 3.05) is 13.1 Å². The number of benzene rings is 1. The quantitative estimate of drug-likeness (QED) is 0.890. The molecule has 5 heteroatoms. The van der Waals surface area contributed by atoms with E-state index < -0.39 is 0 Å². The van der Waals surface area contributed by atoms with Gasteiger partial charge in [-0.3, -0.25) is 14.8 Å². The summed E-state index contributed by atoms with van der Waals surface area (Å²) in [6.07, 6.45) is 4.62. The van der Waals surface area contributed by atoms with Gasteiger partial charge in [-0.15, -0.1) is 0 Å². The number of hydrogen-bond acceptors (Lipinski definition) is 3. The van der Waals surface area contributed by atoms with Crippen LogP contribution in [0.3, 0.4) is 0 Å². The fourth-order valence-electron chi connectivity index (χ4n) is 3.47. The maximum absolute atomic E-state index is 11.2. The van der Waals surface area contributed by atoms with Crippen LogP contribution in [-0.2, 0) is 11.3 Å². The number of nitrogens with two attached hydrogens (primary N) is 1. The Hall–Kier alpha value is -2.14. The van der Waals surface area contributed by atoms with Crippen LogP contribution < -0.4 is 5.73 Å². The molecule has 0 radical (unpaired) electrons. The molecule has 0 saturated carbocycles. The van der Waals surface area contributed by atoms with Gasteiger partial charge >= 0.3 is 0 Å². The molecule has 1 atom stereocenters. The Kier molecular flexibility index (Phi) is 4.76. The monoisotopic (exact) mass is 312 g/mol. The zero-order valence-electron chi connectivity index (χ0n) is 13.6. The third kappa shape index (κ3) is 3.99. The Bertz CT molecular complexity index is 679. The van der Waals surface area contributed by atoms with Crippen molar-refractivity contribution in [2.24, 2.45) is 11.7 Å². The van der Waals surface area contributed by atoms with Gasteiger partial charge in [0.1, 0.15) is 0 Å². The van der Waals surface area contributed by atoms with Gasteiger partial charge in [-0.1, -0.05) is 23.8 Å². The van der Waals surface area contributed by atoms with E-state index >= 15 is 0 Å². The van der Waals surface area contributed by atoms with Crippen LogP contribution in [0.2, 0.25) is 0 Å². The Balaban J connectivity index is 1.71. The van der Waals surface area contributed by atoms with Gasteiger partial charge in [0.2, 0.25) is 5.91 Å². The first kappa shape index (κ1) is 15.7. The molecule has 0 aliphatic carbocycles. The van der Waals surface area contributed by atoms with Crippen LogP contribution >= 0.6 is 0 Å². The summed E-state index contributed by atoms with van der Waals surface area (Å²) in [4.78, 5) is 13.6. The van der Waals surface area contributed by atoms with Crippen molar-refractivity contribution in [1.29, 1.82) is 0 Å². The number of rotatable bonds is 5. The van der Waals surface area contributed by atoms with Crippen molar-refractivity contribution in [3.63, 3.8) is 0 Å². The van der Waals surface area contributed by atoms with E-state index in [2.05, 4.69) is 46.3 Å². The summed E-state index contributed by atoms with van der Waals surface area (Å²) in [5, 5.41) is 7.37. The number of aromatic amines is 1. The summed E-state index contributed by atoms with van der Waals surface area (Å²) in [5.41, 5.74) is 10.0. The molecule has 1 amide bonds. The second kappa shape index (κ2) is 6.96. The summed E-state index contributed by atoms with van der Waals surface area (Å²) in [7, 11) is 0. The summed E-state index contributed by atoms with van der Waals surface area (Å²) in [6, 6.07) is 8.44. The van der Waals surface area contributed by atoms with Crippen molar-refractivity contribution in [3.8, 4) is 11.3 Å². The van der Waals surface area contributed by atoms with E-state index in [-0.39, 0.29) is 5.91 Å². The van der Waals surface area contributed by atoms with E-state index in [1.54, 1.807) is 0 Å². The van der Waals surface area contributed by atoms with Crippen LogP contribution in [0.4, 0.5) is 0 Å². The van der Waals surface area contributed by atoms with E-state index in [1.165, 1.54) is 16.7 Å². The average molecular weight is 312 g/mol. The van der Waals surface area contributed by atoms with Gasteiger partial charge < -0.3 is 5.73 Å². The number of aryl methyl sites for hydroxylation is 1. The van der Waals surface area contributed by atoms with E-state index in [1.807, 2.05) is 6.20 Å². The molecule has 2 aromatic rings. The fraction of sp³-hybridized carbons (Fsp3) is 0.444. The second-order valence-corrected chi connectivity index (χ2v) is 6.55. The van der Waals surface area contributed by atoms with E-state index in [9.17, 15) is 4.79 Å². The number of hydrogen-bond donors (Lipinski definition) is 2. The van der Waals surface area contributed by atoms with Crippen LogP contribution in [-0.4, -0.2) is 34.1 Å². The standard InChI is InChI=1S/C18H24N4O/c1-13-4-2-6-15(8-13)18-16(10-20-21-18)12-22-7-3-5-14(11-22)9-17(19)23/h2,4,6,8,10,14H,3,5,7,9,11-12H2,1H3,(H2,19,23)(H,20,21)/t14-/m1/s1. The zero-order valence-corrected chi connectivity index (χ0v) is 13.6. The molecule has 5 nitrogen and oxygen atoms in total. The van der Waals surface area contributed by atoms with Gasteiger partial charge in [-0.25, -0.2) is 0 Å². The largest absolute Gasteiger partial charge is 0.370 e. The first-order valence-electron chi connectivity index (χ1n) is 8.22. The molecule has 1 aliphatic heterocycles. The molecule has 2 heterocycles. The van der Waals surface area contributed by atoms with Crippen molar-refractivity contribution < 1.29 is 4.79 Å². The highest BCUT2D eigenvalue weighted by Gasteiger charge is 2.22. The van der Waals surface area contributed by atoms with Crippen molar-refractivity contribution in [3.05, 3.63) is 41.6 Å². The number of aromatic nitrogens is 2. The third-order valence-corrected chi connectivity index (χ3v) is 4.51. The number of piperidine rings is 1. The molecule has 0 spiro atoms. The molecule has 1 aliphatic rings. The van der Waals surface area contributed by atoms with Crippen LogP contribution in [0.1, 0.15) is 30.4 Å². The van der Waals surface area contributed by atoms with Crippen LogP contribution in [0, 0.1) is 12.8 Å². The Morgan fingerprint density at radius 3 is 3.13 bits per heavy atom. The minimum Gasteiger partial charge on any atom is -0.370 e. The number of nitrogens with zero attached hydrogens (tertiary/aromatic N) is 2. The molecule has 0 bridgehead atoms. The molecule has 1 aromatic carbocycles. The molecule has 3 rings (SSSR count). The number of primary amides is 1. The van der Waals surface area contributed by atoms with E-state index in [0.29, 0.717) is 12.3 Å². The van der Waals surface area contributed by atoms with Crippen molar-refractivity contribution >= 4 is 5.91 Å². The number of carbonyl (C=O) groups excluding carboxylic acids is 1. The molecular weight excluding hydrogens is 288 g/mol. The summed E-state index contributed by atoms with van der Waals surface area (Å²) in [5.74, 6) is 0.191. The molecule has 1 fully saturated rings. The smallest absolute Gasteiger partial charge is 0.217 e. The molecule has 122 valence electrons. The zero-order chi connectivity index (χ0) is 16.2. The number of amides is 1. The van der Waals surface area contributed by atoms with Gasteiger partial charge in [-0.05, 0) is 38.3 Å². The average Bonchev–Trinajstić information content (AvgIpc) is 2.95. The maximum Gasteiger partial charge on any atom is 0.217 e. The van der Waals surface area contributed by atoms with Gasteiger partial charge in [0.15, 0.2) is 0 Å². The lowest BCUT2D eigenvalue weighted by molar-refractivity contribution is -0.119. The number of H-pyrrole nitrogens is 1. The van der Waals surface area contributed by atoms with E-state index in [4.69, 9.17) is 5.73 Å². The molecule has 1 saturated heterocycles. The lowest BCUT2D eigenvalue weighted by Gasteiger charge is -2.32. The number of nitrogens with one attached hydrogen (secondary N) is 1. The Morgan fingerprint density at radius 1 is 1.48 bits per heavy atom. The SMILES string of the molecule is Cc1cccc(-c2[nH]ncc2CN2CCC[C@H](CC(N)=O)C2)c1. The van der Waals surface area contributed by atoms with Crippen LogP contribution in [0.25, 0.3) is 11.3 Å². The van der Waals surface area contributed by atoms with Gasteiger partial charge in [0.25, 0.3) is 0 Å². The Labute approximate surface area is 136 Å². The topological polar surface area (TPSA) is 75.0 Å². The van der Waals surface area contributed by atoms with Crippen LogP contribution in [0.5, 0.6) is 0 Å². The predicted octanol–water partition coefficient (Wildman–Crippen LogP) is 2.47. The summed E-state index contributed by atoms with van der Waals surface area (Å²) in [6.45, 7) is 4.95. The van der Waals surface area contributed by atoms with Crippen molar-refractivity contribution in [1.82, 2.24) is 15.1 Å². The van der Waals surface area contributed by atoms with Gasteiger partial charge in [0.05, 0.1) is 11.9 Å². The summed E-state index contributed by atoms with van der Waals surface area (Å²) >= 11 is 0. The maximum atomic E-state index is 11.2. The van der Waals surface area contributed by atoms with Crippen LogP contribution in [0.15, 0.2) is 30.5 Å². The highest BCUT2D eigenvalue weighted by molar-refractivity contribution is 5.74. The minimum atomic E-state index is -0.194. The number of likely N-dealkylation sites (tertiary alicyclic amines) is 1. The minimum absolute atomic E-state index is 0.194. The third-order valence-electron chi connectivity index (χ3n) is 4.51. The lowest BCUT2D eigenvalue weighted by Crippen LogP contribution is -2.36. The molecule has 1 aromatic heterocycles. The predicted molar refractivity (Wildman–Crippen MR) is 90.6 cm³/mol. The fourth-order valence-corrected chi connectivity index (χ4v) is 3.47. The first-order valence-corrected chi connectivity index (χ1v) is 8.22. The molecular formula is C18H24N4O. The van der Waals surface area contributed by atoms with Gasteiger partial charge in [-0.2, -0.15) is 5.10 Å². The summed E-state index contributed by atoms with van der Waals surface area (Å²) < 4.78 is 0. The molecule has 0 unspecified atom stereocenters. The highest BCUT2D eigenvalue weighted by Crippen LogP contribution is 2.26. The second-order valence-electron chi connectivity index (χ2n) is 6.55. The first-order chi connectivity index (χ1) is 11.1. The lowest BCUT2D eigenvalue weighted by atomic mass is 9.94. The highest BCUT2D eigenvalue weighted by atomic mass is 16.1. The molecule has 23 heavy (non-hydrogen) atoms. The van der Waals surface area contributed by atoms with Crippen molar-refractivity contribution in [2.45, 2.75) is 32.7 Å². The molecule has 3 N–H and O–H groups in total.